The highest BCUT2D eigenvalue weighted by molar-refractivity contribution is 6.30. The molecule has 0 aliphatic heterocycles. The summed E-state index contributed by atoms with van der Waals surface area (Å²) in [5, 5.41) is 9.58. The number of halogens is 1. The molecule has 1 aromatic carbocycles. The van der Waals surface area contributed by atoms with E-state index >= 15 is 0 Å². The van der Waals surface area contributed by atoms with Crippen molar-refractivity contribution in [3.05, 3.63) is 52.6 Å². The van der Waals surface area contributed by atoms with Crippen molar-refractivity contribution >= 4 is 17.6 Å². The van der Waals surface area contributed by atoms with E-state index in [-0.39, 0.29) is 5.69 Å². The second-order valence-corrected chi connectivity index (χ2v) is 4.10. The fourth-order valence-corrected chi connectivity index (χ4v) is 1.74. The molecule has 5 heteroatoms. The van der Waals surface area contributed by atoms with Crippen molar-refractivity contribution in [2.75, 3.05) is 0 Å². The zero-order valence-corrected chi connectivity index (χ0v) is 9.74. The van der Waals surface area contributed by atoms with E-state index in [4.69, 9.17) is 16.7 Å². The molecule has 0 saturated carbocycles. The third-order valence-corrected chi connectivity index (χ3v) is 2.75. The van der Waals surface area contributed by atoms with Crippen LogP contribution in [-0.2, 0) is 12.8 Å². The summed E-state index contributed by atoms with van der Waals surface area (Å²) in [7, 11) is 0. The van der Waals surface area contributed by atoms with Crippen molar-refractivity contribution < 1.29 is 9.90 Å². The van der Waals surface area contributed by atoms with Crippen molar-refractivity contribution in [2.24, 2.45) is 0 Å². The topological polar surface area (TPSA) is 66.0 Å². The van der Waals surface area contributed by atoms with E-state index in [1.54, 1.807) is 0 Å². The first-order valence-corrected chi connectivity index (χ1v) is 5.54. The first-order chi connectivity index (χ1) is 8.16. The van der Waals surface area contributed by atoms with Crippen LogP contribution in [0.25, 0.3) is 0 Å². The fourth-order valence-electron chi connectivity index (χ4n) is 1.62. The highest BCUT2D eigenvalue weighted by Gasteiger charge is 2.12. The standard InChI is InChI=1S/C12H11ClN2O2/c13-9-4-1-8(2-5-9)3-6-10-11(12(16)17)15-7-14-10/h1-2,4-5,7H,3,6H2,(H,14,15)(H,16,17). The van der Waals surface area contributed by atoms with Gasteiger partial charge in [-0.3, -0.25) is 0 Å². The van der Waals surface area contributed by atoms with Crippen molar-refractivity contribution in [1.29, 1.82) is 0 Å². The summed E-state index contributed by atoms with van der Waals surface area (Å²) in [6, 6.07) is 7.50. The van der Waals surface area contributed by atoms with Gasteiger partial charge in [0.25, 0.3) is 0 Å². The lowest BCUT2D eigenvalue weighted by atomic mass is 10.1. The third-order valence-electron chi connectivity index (χ3n) is 2.50. The van der Waals surface area contributed by atoms with Crippen LogP contribution < -0.4 is 0 Å². The minimum absolute atomic E-state index is 0.0963. The molecule has 0 aliphatic rings. The number of benzene rings is 1. The van der Waals surface area contributed by atoms with Gasteiger partial charge in [-0.1, -0.05) is 23.7 Å². The molecule has 0 atom stereocenters. The highest BCUT2D eigenvalue weighted by Crippen LogP contribution is 2.12. The maximum atomic E-state index is 10.8. The molecule has 0 unspecified atom stereocenters. The lowest BCUT2D eigenvalue weighted by Gasteiger charge is -2.01. The average molecular weight is 251 g/mol. The van der Waals surface area contributed by atoms with Crippen molar-refractivity contribution in [3.63, 3.8) is 0 Å². The van der Waals surface area contributed by atoms with E-state index in [0.29, 0.717) is 17.1 Å². The van der Waals surface area contributed by atoms with E-state index in [9.17, 15) is 4.79 Å². The molecule has 17 heavy (non-hydrogen) atoms. The van der Waals surface area contributed by atoms with E-state index in [1.807, 2.05) is 24.3 Å². The summed E-state index contributed by atoms with van der Waals surface area (Å²) in [5.74, 6) is -1.00. The molecule has 0 saturated heterocycles. The van der Waals surface area contributed by atoms with Crippen molar-refractivity contribution in [2.45, 2.75) is 12.8 Å². The van der Waals surface area contributed by atoms with Crippen LogP contribution in [0.15, 0.2) is 30.6 Å². The largest absolute Gasteiger partial charge is 0.476 e. The molecule has 2 N–H and O–H groups in total. The van der Waals surface area contributed by atoms with Crippen LogP contribution in [0, 0.1) is 0 Å². The van der Waals surface area contributed by atoms with Gasteiger partial charge in [0.1, 0.15) is 0 Å². The summed E-state index contributed by atoms with van der Waals surface area (Å²) in [5.41, 5.74) is 1.85. The maximum Gasteiger partial charge on any atom is 0.356 e. The molecular formula is C12H11ClN2O2. The number of carboxylic acids is 1. The molecular weight excluding hydrogens is 240 g/mol. The molecule has 2 aromatic rings. The Labute approximate surface area is 103 Å². The van der Waals surface area contributed by atoms with Gasteiger partial charge in [0, 0.05) is 10.7 Å². The van der Waals surface area contributed by atoms with Crippen LogP contribution in [0.2, 0.25) is 5.02 Å². The van der Waals surface area contributed by atoms with Gasteiger partial charge in [-0.15, -0.1) is 0 Å². The molecule has 88 valence electrons. The number of hydrogen-bond acceptors (Lipinski definition) is 2. The summed E-state index contributed by atoms with van der Waals surface area (Å²) in [4.78, 5) is 17.5. The Balaban J connectivity index is 2.05. The summed E-state index contributed by atoms with van der Waals surface area (Å²) < 4.78 is 0. The van der Waals surface area contributed by atoms with Gasteiger partial charge in [-0.05, 0) is 30.5 Å². The number of hydrogen-bond donors (Lipinski definition) is 2. The predicted octanol–water partition coefficient (Wildman–Crippen LogP) is 2.55. The van der Waals surface area contributed by atoms with Gasteiger partial charge in [-0.2, -0.15) is 0 Å². The van der Waals surface area contributed by atoms with E-state index in [0.717, 1.165) is 12.0 Å². The normalized spacial score (nSPS) is 10.4. The molecule has 4 nitrogen and oxygen atoms in total. The van der Waals surface area contributed by atoms with Gasteiger partial charge in [0.05, 0.1) is 6.33 Å². The summed E-state index contributed by atoms with van der Waals surface area (Å²) >= 11 is 5.78. The molecule has 0 amide bonds. The summed E-state index contributed by atoms with van der Waals surface area (Å²) in [6.45, 7) is 0. The van der Waals surface area contributed by atoms with Crippen LogP contribution in [0.5, 0.6) is 0 Å². The number of aromatic amines is 1. The first-order valence-electron chi connectivity index (χ1n) is 5.17. The SMILES string of the molecule is O=C(O)c1nc[nH]c1CCc1ccc(Cl)cc1. The maximum absolute atomic E-state index is 10.8. The van der Waals surface area contributed by atoms with E-state index in [1.165, 1.54) is 6.33 Å². The fraction of sp³-hybridized carbons (Fsp3) is 0.167. The number of nitrogens with zero attached hydrogens (tertiary/aromatic N) is 1. The Morgan fingerprint density at radius 3 is 2.65 bits per heavy atom. The second-order valence-electron chi connectivity index (χ2n) is 3.66. The number of carboxylic acid groups (broad SMARTS) is 1. The molecule has 0 aliphatic carbocycles. The van der Waals surface area contributed by atoms with Crippen LogP contribution in [0.1, 0.15) is 21.7 Å². The second kappa shape index (κ2) is 5.01. The predicted molar refractivity (Wildman–Crippen MR) is 64.4 cm³/mol. The molecule has 1 aromatic heterocycles. The number of aromatic carboxylic acids is 1. The van der Waals surface area contributed by atoms with Gasteiger partial charge < -0.3 is 10.1 Å². The average Bonchev–Trinajstić information content (AvgIpc) is 2.76. The molecule has 0 bridgehead atoms. The Bertz CT molecular complexity index is 520. The van der Waals surface area contributed by atoms with Crippen LogP contribution in [-0.4, -0.2) is 21.0 Å². The molecule has 1 heterocycles. The number of aromatic nitrogens is 2. The monoisotopic (exact) mass is 250 g/mol. The molecule has 0 fully saturated rings. The van der Waals surface area contributed by atoms with Crippen molar-refractivity contribution in [1.82, 2.24) is 9.97 Å². The zero-order chi connectivity index (χ0) is 12.3. The van der Waals surface area contributed by atoms with Crippen LogP contribution in [0.4, 0.5) is 0 Å². The van der Waals surface area contributed by atoms with Gasteiger partial charge in [0.2, 0.25) is 0 Å². The minimum atomic E-state index is -1.00. The molecule has 2 rings (SSSR count). The number of nitrogens with one attached hydrogen (secondary N) is 1. The number of rotatable bonds is 4. The minimum Gasteiger partial charge on any atom is -0.476 e. The van der Waals surface area contributed by atoms with Crippen molar-refractivity contribution in [3.8, 4) is 0 Å². The quantitative estimate of drug-likeness (QED) is 0.876. The van der Waals surface area contributed by atoms with E-state index < -0.39 is 5.97 Å². The zero-order valence-electron chi connectivity index (χ0n) is 8.98. The van der Waals surface area contributed by atoms with Gasteiger partial charge in [0.15, 0.2) is 5.69 Å². The highest BCUT2D eigenvalue weighted by atomic mass is 35.5. The van der Waals surface area contributed by atoms with Gasteiger partial charge in [-0.25, -0.2) is 9.78 Å². The van der Waals surface area contributed by atoms with Gasteiger partial charge >= 0.3 is 5.97 Å². The Morgan fingerprint density at radius 1 is 1.29 bits per heavy atom. The summed E-state index contributed by atoms with van der Waals surface area (Å²) in [6.07, 6.45) is 2.77. The Kier molecular flexibility index (Phi) is 3.44. The van der Waals surface area contributed by atoms with Crippen LogP contribution >= 0.6 is 11.6 Å². The van der Waals surface area contributed by atoms with Crippen LogP contribution in [0.3, 0.4) is 0 Å². The lowest BCUT2D eigenvalue weighted by molar-refractivity contribution is 0.0690. The Hall–Kier alpha value is -1.81. The molecule has 0 radical (unpaired) electrons. The van der Waals surface area contributed by atoms with E-state index in [2.05, 4.69) is 9.97 Å². The lowest BCUT2D eigenvalue weighted by Crippen LogP contribution is -2.03. The molecule has 0 spiro atoms. The smallest absolute Gasteiger partial charge is 0.356 e. The third kappa shape index (κ3) is 2.85. The number of carbonyl (C=O) groups is 1. The number of aryl methyl sites for hydroxylation is 2. The first kappa shape index (κ1) is 11.7. The number of imidazole rings is 1. The Morgan fingerprint density at radius 2 is 2.00 bits per heavy atom. The number of H-pyrrole nitrogens is 1.